The molecule has 6 heteroatoms. The van der Waals surface area contributed by atoms with E-state index in [1.165, 1.54) is 13.2 Å². The number of furan rings is 1. The van der Waals surface area contributed by atoms with Crippen molar-refractivity contribution in [1.29, 1.82) is 0 Å². The number of hydrogen-bond donors (Lipinski definition) is 1. The van der Waals surface area contributed by atoms with Gasteiger partial charge >= 0.3 is 0 Å². The largest absolute Gasteiger partial charge is 0.504 e. The van der Waals surface area contributed by atoms with E-state index in [4.69, 9.17) is 13.7 Å². The highest BCUT2D eigenvalue weighted by molar-refractivity contribution is 5.63. The molecular formula is C14H12N2O4. The van der Waals surface area contributed by atoms with Crippen molar-refractivity contribution >= 4 is 0 Å². The third-order valence-electron chi connectivity index (χ3n) is 2.95. The van der Waals surface area contributed by atoms with Crippen molar-refractivity contribution in [2.24, 2.45) is 0 Å². The highest BCUT2D eigenvalue weighted by Gasteiger charge is 2.15. The van der Waals surface area contributed by atoms with Gasteiger partial charge in [-0.05, 0) is 31.2 Å². The average molecular weight is 272 g/mol. The van der Waals surface area contributed by atoms with Gasteiger partial charge in [-0.3, -0.25) is 0 Å². The Bertz CT molecular complexity index is 745. The van der Waals surface area contributed by atoms with E-state index in [0.717, 1.165) is 11.3 Å². The summed E-state index contributed by atoms with van der Waals surface area (Å²) >= 11 is 0. The second-order valence-electron chi connectivity index (χ2n) is 4.20. The lowest BCUT2D eigenvalue weighted by Gasteiger charge is -2.03. The minimum atomic E-state index is 0.0571. The molecule has 1 aromatic carbocycles. The first-order chi connectivity index (χ1) is 9.69. The van der Waals surface area contributed by atoms with Crippen molar-refractivity contribution in [3.63, 3.8) is 0 Å². The fourth-order valence-electron chi connectivity index (χ4n) is 1.88. The number of aryl methyl sites for hydroxylation is 1. The van der Waals surface area contributed by atoms with Gasteiger partial charge in [0.2, 0.25) is 5.82 Å². The molecule has 0 aliphatic heterocycles. The first-order valence-electron chi connectivity index (χ1n) is 5.94. The van der Waals surface area contributed by atoms with Crippen molar-refractivity contribution in [1.82, 2.24) is 10.1 Å². The molecule has 0 aliphatic carbocycles. The Morgan fingerprint density at radius 1 is 1.25 bits per heavy atom. The number of aromatic nitrogens is 2. The number of ether oxygens (including phenoxy) is 1. The van der Waals surface area contributed by atoms with Crippen LogP contribution in [0.5, 0.6) is 11.5 Å². The van der Waals surface area contributed by atoms with E-state index in [0.29, 0.717) is 23.0 Å². The molecule has 102 valence electrons. The first-order valence-corrected chi connectivity index (χ1v) is 5.94. The Morgan fingerprint density at radius 2 is 2.10 bits per heavy atom. The molecular weight excluding hydrogens is 260 g/mol. The monoisotopic (exact) mass is 272 g/mol. The van der Waals surface area contributed by atoms with Crippen LogP contribution in [-0.2, 0) is 0 Å². The highest BCUT2D eigenvalue weighted by atomic mass is 16.5. The lowest BCUT2D eigenvalue weighted by Crippen LogP contribution is -1.85. The smallest absolute Gasteiger partial charge is 0.258 e. The van der Waals surface area contributed by atoms with Gasteiger partial charge in [-0.2, -0.15) is 4.98 Å². The quantitative estimate of drug-likeness (QED) is 0.789. The van der Waals surface area contributed by atoms with Crippen molar-refractivity contribution < 1.29 is 18.8 Å². The van der Waals surface area contributed by atoms with Crippen LogP contribution >= 0.6 is 0 Å². The van der Waals surface area contributed by atoms with E-state index >= 15 is 0 Å². The molecule has 6 nitrogen and oxygen atoms in total. The second kappa shape index (κ2) is 4.73. The van der Waals surface area contributed by atoms with Crippen molar-refractivity contribution in [2.75, 3.05) is 7.11 Å². The van der Waals surface area contributed by atoms with E-state index in [9.17, 15) is 5.11 Å². The van der Waals surface area contributed by atoms with Gasteiger partial charge < -0.3 is 18.8 Å². The van der Waals surface area contributed by atoms with E-state index in [-0.39, 0.29) is 5.75 Å². The average Bonchev–Trinajstić information content (AvgIpc) is 3.08. The zero-order valence-electron chi connectivity index (χ0n) is 11.0. The predicted molar refractivity (Wildman–Crippen MR) is 70.4 cm³/mol. The van der Waals surface area contributed by atoms with E-state index in [2.05, 4.69) is 10.1 Å². The second-order valence-corrected chi connectivity index (χ2v) is 4.20. The molecule has 0 saturated heterocycles. The van der Waals surface area contributed by atoms with Crippen LogP contribution in [0.3, 0.4) is 0 Å². The molecule has 0 atom stereocenters. The maximum absolute atomic E-state index is 9.57. The Morgan fingerprint density at radius 3 is 2.80 bits per heavy atom. The van der Waals surface area contributed by atoms with Crippen LogP contribution in [0.25, 0.3) is 22.8 Å². The lowest BCUT2D eigenvalue weighted by molar-refractivity contribution is 0.373. The van der Waals surface area contributed by atoms with Crippen LogP contribution < -0.4 is 4.74 Å². The van der Waals surface area contributed by atoms with Gasteiger partial charge in [0.15, 0.2) is 11.5 Å². The summed E-state index contributed by atoms with van der Waals surface area (Å²) in [5.74, 6) is 1.93. The molecule has 3 aromatic rings. The summed E-state index contributed by atoms with van der Waals surface area (Å²) < 4.78 is 15.5. The zero-order valence-corrected chi connectivity index (χ0v) is 11.0. The summed E-state index contributed by atoms with van der Waals surface area (Å²) in [6.45, 7) is 1.83. The Labute approximate surface area is 114 Å². The van der Waals surface area contributed by atoms with Crippen LogP contribution in [0, 0.1) is 6.92 Å². The number of benzene rings is 1. The Balaban J connectivity index is 2.00. The standard InChI is InChI=1S/C14H12N2O4/c1-8-10(5-6-19-8)13-15-14(20-16-13)9-3-4-11(17)12(7-9)18-2/h3-7,17H,1-2H3. The molecule has 0 amide bonds. The van der Waals surface area contributed by atoms with Gasteiger partial charge in [0, 0.05) is 5.56 Å². The number of nitrogens with zero attached hydrogens (tertiary/aromatic N) is 2. The van der Waals surface area contributed by atoms with Gasteiger partial charge in [0.05, 0.1) is 18.9 Å². The molecule has 1 N–H and O–H groups in total. The van der Waals surface area contributed by atoms with E-state index in [1.807, 2.05) is 6.92 Å². The van der Waals surface area contributed by atoms with Crippen molar-refractivity contribution in [3.8, 4) is 34.3 Å². The topological polar surface area (TPSA) is 81.5 Å². The molecule has 20 heavy (non-hydrogen) atoms. The molecule has 0 saturated carbocycles. The number of hydrogen-bond acceptors (Lipinski definition) is 6. The normalized spacial score (nSPS) is 10.7. The van der Waals surface area contributed by atoms with Gasteiger partial charge in [-0.1, -0.05) is 5.16 Å². The molecule has 2 heterocycles. The number of aromatic hydroxyl groups is 1. The minimum Gasteiger partial charge on any atom is -0.504 e. The summed E-state index contributed by atoms with van der Waals surface area (Å²) in [6, 6.07) is 6.61. The summed E-state index contributed by atoms with van der Waals surface area (Å²) in [7, 11) is 1.48. The minimum absolute atomic E-state index is 0.0571. The number of rotatable bonds is 3. The van der Waals surface area contributed by atoms with Gasteiger partial charge in [-0.25, -0.2) is 0 Å². The first kappa shape index (κ1) is 12.3. The van der Waals surface area contributed by atoms with Gasteiger partial charge in [0.1, 0.15) is 5.76 Å². The molecule has 3 rings (SSSR count). The Kier molecular flexibility index (Phi) is 2.90. The van der Waals surface area contributed by atoms with Crippen LogP contribution in [-0.4, -0.2) is 22.4 Å². The number of phenols is 1. The maximum atomic E-state index is 9.57. The fraction of sp³-hybridized carbons (Fsp3) is 0.143. The Hall–Kier alpha value is -2.76. The predicted octanol–water partition coefficient (Wildman–Crippen LogP) is 3.02. The molecule has 2 aromatic heterocycles. The van der Waals surface area contributed by atoms with Crippen molar-refractivity contribution in [2.45, 2.75) is 6.92 Å². The van der Waals surface area contributed by atoms with Gasteiger partial charge in [0.25, 0.3) is 5.89 Å². The zero-order chi connectivity index (χ0) is 14.1. The maximum Gasteiger partial charge on any atom is 0.258 e. The van der Waals surface area contributed by atoms with E-state index < -0.39 is 0 Å². The van der Waals surface area contributed by atoms with Crippen LogP contribution in [0.2, 0.25) is 0 Å². The summed E-state index contributed by atoms with van der Waals surface area (Å²) in [5, 5.41) is 13.5. The summed E-state index contributed by atoms with van der Waals surface area (Å²) in [5.41, 5.74) is 1.45. The molecule has 0 fully saturated rings. The summed E-state index contributed by atoms with van der Waals surface area (Å²) in [4.78, 5) is 4.31. The third kappa shape index (κ3) is 2.01. The molecule has 0 spiro atoms. The molecule has 0 bridgehead atoms. The van der Waals surface area contributed by atoms with Gasteiger partial charge in [-0.15, -0.1) is 0 Å². The van der Waals surface area contributed by atoms with E-state index in [1.54, 1.807) is 24.5 Å². The molecule has 0 unspecified atom stereocenters. The van der Waals surface area contributed by atoms with Crippen LogP contribution in [0.15, 0.2) is 39.5 Å². The SMILES string of the molecule is COc1cc(-c2nc(-c3ccoc3C)no2)ccc1O. The van der Waals surface area contributed by atoms with Crippen LogP contribution in [0.4, 0.5) is 0 Å². The number of phenolic OH excluding ortho intramolecular Hbond substituents is 1. The third-order valence-corrected chi connectivity index (χ3v) is 2.95. The lowest BCUT2D eigenvalue weighted by atomic mass is 10.2. The van der Waals surface area contributed by atoms with Crippen LogP contribution in [0.1, 0.15) is 5.76 Å². The van der Waals surface area contributed by atoms with Crippen molar-refractivity contribution in [3.05, 3.63) is 36.3 Å². The molecule has 0 radical (unpaired) electrons. The fourth-order valence-corrected chi connectivity index (χ4v) is 1.88. The molecule has 0 aliphatic rings. The number of methoxy groups -OCH3 is 1. The summed E-state index contributed by atoms with van der Waals surface area (Å²) in [6.07, 6.45) is 1.57. The highest BCUT2D eigenvalue weighted by Crippen LogP contribution is 2.31.